The van der Waals surface area contributed by atoms with Crippen LogP contribution in [-0.4, -0.2) is 47.7 Å². The minimum Gasteiger partial charge on any atom is -0.366 e. The smallest absolute Gasteiger partial charge is 0.366 e. The molecular formula is C21H23F3N4O5. The van der Waals surface area contributed by atoms with Crippen LogP contribution in [0.1, 0.15) is 54.4 Å². The van der Waals surface area contributed by atoms with Crippen molar-refractivity contribution in [3.8, 4) is 0 Å². The molecule has 1 aliphatic carbocycles. The van der Waals surface area contributed by atoms with Crippen molar-refractivity contribution >= 4 is 35.1 Å². The highest BCUT2D eigenvalue weighted by Gasteiger charge is 2.42. The largest absolute Gasteiger partial charge is 0.471 e. The molecule has 5 N–H and O–H groups in total. The van der Waals surface area contributed by atoms with Gasteiger partial charge < -0.3 is 21.7 Å². The number of Topliss-reactive ketones (excluding diaryl/α,β-unsaturated/α-hetero) is 1. The predicted octanol–water partition coefficient (Wildman–Crippen LogP) is 1.13. The lowest BCUT2D eigenvalue weighted by molar-refractivity contribution is -0.167. The number of amides is 4. The van der Waals surface area contributed by atoms with Crippen LogP contribution in [0.2, 0.25) is 0 Å². The first kappa shape index (κ1) is 24.2. The standard InChI is InChI=1S/C21H23F3N4O5/c1-9-7-10(18(31)26-9)8-14(16(29)19(32)27-11-5-6-11)12-3-2-4-13(17(25)30)15(12)28-20(33)21(22,23)24/h2-4,9-11,14H,5-8H2,1H3,(H2,25,30)(H,26,31)(H,27,32)(H,28,33)/t9-,10-,14+/m1/s1. The Morgan fingerprint density at radius 2 is 1.88 bits per heavy atom. The number of para-hydroxylation sites is 1. The molecule has 33 heavy (non-hydrogen) atoms. The van der Waals surface area contributed by atoms with Crippen molar-refractivity contribution in [1.29, 1.82) is 0 Å². The molecule has 1 saturated carbocycles. The number of rotatable bonds is 8. The van der Waals surface area contributed by atoms with Crippen LogP contribution >= 0.6 is 0 Å². The summed E-state index contributed by atoms with van der Waals surface area (Å²) in [6, 6.07) is 3.23. The fourth-order valence-electron chi connectivity index (χ4n) is 3.85. The molecule has 178 valence electrons. The molecule has 2 fully saturated rings. The molecule has 1 heterocycles. The molecule has 3 rings (SSSR count). The third kappa shape index (κ3) is 5.68. The van der Waals surface area contributed by atoms with Crippen LogP contribution in [0.4, 0.5) is 18.9 Å². The number of ketones is 1. The third-order valence-electron chi connectivity index (χ3n) is 5.60. The average molecular weight is 468 g/mol. The van der Waals surface area contributed by atoms with E-state index in [9.17, 15) is 37.1 Å². The number of carbonyl (C=O) groups excluding carboxylic acids is 5. The molecule has 3 atom stereocenters. The van der Waals surface area contributed by atoms with Gasteiger partial charge in [-0.15, -0.1) is 0 Å². The van der Waals surface area contributed by atoms with Crippen molar-refractivity contribution in [3.05, 3.63) is 29.3 Å². The van der Waals surface area contributed by atoms with Crippen LogP contribution in [0.3, 0.4) is 0 Å². The van der Waals surface area contributed by atoms with E-state index in [1.54, 1.807) is 12.2 Å². The predicted molar refractivity (Wildman–Crippen MR) is 109 cm³/mol. The van der Waals surface area contributed by atoms with Crippen LogP contribution in [0.25, 0.3) is 0 Å². The van der Waals surface area contributed by atoms with Crippen molar-refractivity contribution < 1.29 is 37.1 Å². The lowest BCUT2D eigenvalue weighted by Gasteiger charge is -2.23. The van der Waals surface area contributed by atoms with Crippen molar-refractivity contribution in [3.63, 3.8) is 0 Å². The highest BCUT2D eigenvalue weighted by molar-refractivity contribution is 6.38. The van der Waals surface area contributed by atoms with E-state index in [1.165, 1.54) is 12.1 Å². The second-order valence-electron chi connectivity index (χ2n) is 8.33. The molecular weight excluding hydrogens is 445 g/mol. The number of hydrogen-bond donors (Lipinski definition) is 4. The molecule has 0 spiro atoms. The Labute approximate surface area is 186 Å². The van der Waals surface area contributed by atoms with Crippen LogP contribution in [0.5, 0.6) is 0 Å². The lowest BCUT2D eigenvalue weighted by atomic mass is 9.82. The van der Waals surface area contributed by atoms with Crippen LogP contribution in [0, 0.1) is 5.92 Å². The molecule has 1 aromatic rings. The Balaban J connectivity index is 2.05. The molecule has 2 aliphatic rings. The minimum atomic E-state index is -5.29. The topological polar surface area (TPSA) is 147 Å². The number of nitrogens with two attached hydrogens (primary N) is 1. The number of halogens is 3. The van der Waals surface area contributed by atoms with E-state index in [1.807, 2.05) is 0 Å². The molecule has 0 unspecified atom stereocenters. The van der Waals surface area contributed by atoms with Crippen molar-refractivity contribution in [2.45, 2.75) is 56.8 Å². The molecule has 1 saturated heterocycles. The zero-order valence-corrected chi connectivity index (χ0v) is 17.6. The Hall–Kier alpha value is -3.44. The van der Waals surface area contributed by atoms with Crippen molar-refractivity contribution in [1.82, 2.24) is 10.6 Å². The summed E-state index contributed by atoms with van der Waals surface area (Å²) in [6.07, 6.45) is -3.77. The van der Waals surface area contributed by atoms with Gasteiger partial charge in [-0.3, -0.25) is 24.0 Å². The summed E-state index contributed by atoms with van der Waals surface area (Å²) < 4.78 is 38.8. The maximum Gasteiger partial charge on any atom is 0.471 e. The van der Waals surface area contributed by atoms with Crippen molar-refractivity contribution in [2.75, 3.05) is 5.32 Å². The number of hydrogen-bond acceptors (Lipinski definition) is 5. The summed E-state index contributed by atoms with van der Waals surface area (Å²) in [6.45, 7) is 1.75. The van der Waals surface area contributed by atoms with E-state index >= 15 is 0 Å². The van der Waals surface area contributed by atoms with Gasteiger partial charge in [0.15, 0.2) is 0 Å². The Morgan fingerprint density at radius 3 is 2.39 bits per heavy atom. The molecule has 0 radical (unpaired) electrons. The average Bonchev–Trinajstić information content (AvgIpc) is 3.47. The summed E-state index contributed by atoms with van der Waals surface area (Å²) >= 11 is 0. The zero-order chi connectivity index (χ0) is 24.5. The van der Waals surface area contributed by atoms with Crippen LogP contribution in [0.15, 0.2) is 18.2 Å². The van der Waals surface area contributed by atoms with E-state index < -0.39 is 52.8 Å². The zero-order valence-electron chi connectivity index (χ0n) is 17.6. The number of anilines is 1. The molecule has 1 aliphatic heterocycles. The monoisotopic (exact) mass is 468 g/mol. The maximum absolute atomic E-state index is 13.1. The SMILES string of the molecule is C[C@@H]1C[C@H](C[C@H](C(=O)C(=O)NC2CC2)c2cccc(C(N)=O)c2NC(=O)C(F)(F)F)C(=O)N1. The molecule has 9 nitrogen and oxygen atoms in total. The number of primary amides is 1. The van der Waals surface area contributed by atoms with Gasteiger partial charge in [-0.25, -0.2) is 0 Å². The summed E-state index contributed by atoms with van der Waals surface area (Å²) in [5.41, 5.74) is 4.00. The maximum atomic E-state index is 13.1. The van der Waals surface area contributed by atoms with Crippen molar-refractivity contribution in [2.24, 2.45) is 11.7 Å². The number of alkyl halides is 3. The summed E-state index contributed by atoms with van der Waals surface area (Å²) in [5.74, 6) is -7.92. The van der Waals surface area contributed by atoms with E-state index in [-0.39, 0.29) is 30.0 Å². The fraction of sp³-hybridized carbons (Fsp3) is 0.476. The molecule has 0 bridgehead atoms. The first-order valence-corrected chi connectivity index (χ1v) is 10.3. The first-order chi connectivity index (χ1) is 15.4. The highest BCUT2D eigenvalue weighted by Crippen LogP contribution is 2.36. The van der Waals surface area contributed by atoms with Gasteiger partial charge in [0.05, 0.1) is 17.2 Å². The second kappa shape index (κ2) is 9.20. The summed E-state index contributed by atoms with van der Waals surface area (Å²) in [7, 11) is 0. The molecule has 0 aromatic heterocycles. The van der Waals surface area contributed by atoms with E-state index in [4.69, 9.17) is 5.73 Å². The van der Waals surface area contributed by atoms with E-state index in [0.717, 1.165) is 6.07 Å². The van der Waals surface area contributed by atoms with Gasteiger partial charge >= 0.3 is 12.1 Å². The summed E-state index contributed by atoms with van der Waals surface area (Å²) in [4.78, 5) is 61.5. The Kier molecular flexibility index (Phi) is 6.75. The lowest BCUT2D eigenvalue weighted by Crippen LogP contribution is -2.38. The quantitative estimate of drug-likeness (QED) is 0.422. The number of nitrogens with one attached hydrogen (secondary N) is 3. The van der Waals surface area contributed by atoms with Gasteiger partial charge in [-0.2, -0.15) is 13.2 Å². The Morgan fingerprint density at radius 1 is 1.21 bits per heavy atom. The number of carbonyl (C=O) groups is 5. The first-order valence-electron chi connectivity index (χ1n) is 10.3. The van der Waals surface area contributed by atoms with Gasteiger partial charge in [0.25, 0.3) is 11.8 Å². The third-order valence-corrected chi connectivity index (χ3v) is 5.60. The van der Waals surface area contributed by atoms with Crippen LogP contribution in [-0.2, 0) is 19.2 Å². The van der Waals surface area contributed by atoms with Gasteiger partial charge in [0, 0.05) is 18.0 Å². The summed E-state index contributed by atoms with van der Waals surface area (Å²) in [5, 5.41) is 6.83. The van der Waals surface area contributed by atoms with Gasteiger partial charge in [0.2, 0.25) is 11.7 Å². The normalized spacial score (nSPS) is 21.2. The second-order valence-corrected chi connectivity index (χ2v) is 8.33. The van der Waals surface area contributed by atoms with E-state index in [2.05, 4.69) is 10.6 Å². The molecule has 1 aromatic carbocycles. The minimum absolute atomic E-state index is 0.168. The number of benzene rings is 1. The van der Waals surface area contributed by atoms with Gasteiger partial charge in [-0.05, 0) is 44.2 Å². The molecule has 12 heteroatoms. The van der Waals surface area contributed by atoms with Gasteiger partial charge in [0.1, 0.15) is 0 Å². The van der Waals surface area contributed by atoms with E-state index in [0.29, 0.717) is 19.3 Å². The van der Waals surface area contributed by atoms with Crippen LogP contribution < -0.4 is 21.7 Å². The Bertz CT molecular complexity index is 1010. The molecule has 4 amide bonds. The van der Waals surface area contributed by atoms with Gasteiger partial charge in [-0.1, -0.05) is 12.1 Å². The fourth-order valence-corrected chi connectivity index (χ4v) is 3.85. The highest BCUT2D eigenvalue weighted by atomic mass is 19.4.